The van der Waals surface area contributed by atoms with Crippen molar-refractivity contribution in [3.8, 4) is 11.1 Å². The molecule has 0 atom stereocenters. The molecular formula is C24H28. The Morgan fingerprint density at radius 3 is 2.00 bits per heavy atom. The molecule has 0 heterocycles. The summed E-state index contributed by atoms with van der Waals surface area (Å²) in [4.78, 5) is 0. The number of benzene rings is 2. The summed E-state index contributed by atoms with van der Waals surface area (Å²) < 4.78 is 0. The first-order valence-electron chi connectivity index (χ1n) is 9.95. The molecule has 0 radical (unpaired) electrons. The summed E-state index contributed by atoms with van der Waals surface area (Å²) in [5.74, 6) is 3.05. The van der Waals surface area contributed by atoms with Crippen LogP contribution in [-0.2, 0) is 11.8 Å². The van der Waals surface area contributed by atoms with Crippen LogP contribution in [0.4, 0.5) is 0 Å². The summed E-state index contributed by atoms with van der Waals surface area (Å²) in [6.45, 7) is 2.35. The van der Waals surface area contributed by atoms with E-state index in [-0.39, 0.29) is 0 Å². The second-order valence-electron chi connectivity index (χ2n) is 8.75. The molecule has 4 bridgehead atoms. The van der Waals surface area contributed by atoms with Gasteiger partial charge >= 0.3 is 0 Å². The van der Waals surface area contributed by atoms with Crippen molar-refractivity contribution in [2.45, 2.75) is 57.3 Å². The maximum absolute atomic E-state index is 2.48. The summed E-state index contributed by atoms with van der Waals surface area (Å²) in [6.07, 6.45) is 10.1. The smallest absolute Gasteiger partial charge is 0.00361 e. The molecule has 6 rings (SSSR count). The molecule has 0 unspecified atom stereocenters. The van der Waals surface area contributed by atoms with Crippen LogP contribution in [0.25, 0.3) is 11.1 Å². The first kappa shape index (κ1) is 14.8. The summed E-state index contributed by atoms with van der Waals surface area (Å²) >= 11 is 0. The van der Waals surface area contributed by atoms with Gasteiger partial charge in [-0.3, -0.25) is 0 Å². The normalized spacial score (nSPS) is 33.8. The second kappa shape index (κ2) is 5.48. The van der Waals surface area contributed by atoms with E-state index in [0.29, 0.717) is 5.41 Å². The fraction of sp³-hybridized carbons (Fsp3) is 0.500. The SMILES string of the molecule is CCc1c(-c2ccccc2)cccc1C12CC3CC(CC(C3)C1)C2. The molecular weight excluding hydrogens is 288 g/mol. The Morgan fingerprint density at radius 2 is 1.42 bits per heavy atom. The maximum Gasteiger partial charge on any atom is -0.00361 e. The predicted octanol–water partition coefficient (Wildman–Crippen LogP) is 6.38. The highest BCUT2D eigenvalue weighted by Gasteiger charge is 2.52. The van der Waals surface area contributed by atoms with Gasteiger partial charge in [0.05, 0.1) is 0 Å². The number of hydrogen-bond donors (Lipinski definition) is 0. The second-order valence-corrected chi connectivity index (χ2v) is 8.75. The molecule has 24 heavy (non-hydrogen) atoms. The third-order valence-electron chi connectivity index (χ3n) is 7.22. The molecule has 0 saturated heterocycles. The molecule has 4 aliphatic carbocycles. The van der Waals surface area contributed by atoms with Crippen LogP contribution >= 0.6 is 0 Å². The molecule has 4 aliphatic rings. The van der Waals surface area contributed by atoms with Gasteiger partial charge < -0.3 is 0 Å². The van der Waals surface area contributed by atoms with Gasteiger partial charge in [-0.1, -0.05) is 55.5 Å². The molecule has 0 nitrogen and oxygen atoms in total. The van der Waals surface area contributed by atoms with Crippen LogP contribution in [0.2, 0.25) is 0 Å². The predicted molar refractivity (Wildman–Crippen MR) is 101 cm³/mol. The Hall–Kier alpha value is -1.56. The lowest BCUT2D eigenvalue weighted by molar-refractivity contribution is -0.00553. The Bertz CT molecular complexity index is 705. The molecule has 0 heteroatoms. The standard InChI is InChI=1S/C24H28/c1-2-21-22(20-7-4-3-5-8-20)9-6-10-23(21)24-14-17-11-18(15-24)13-19(12-17)16-24/h3-10,17-19H,2,11-16H2,1H3. The van der Waals surface area contributed by atoms with E-state index in [1.807, 2.05) is 0 Å². The molecule has 0 aliphatic heterocycles. The highest BCUT2D eigenvalue weighted by Crippen LogP contribution is 2.61. The van der Waals surface area contributed by atoms with E-state index >= 15 is 0 Å². The van der Waals surface area contributed by atoms with Gasteiger partial charge in [-0.2, -0.15) is 0 Å². The summed E-state index contributed by atoms with van der Waals surface area (Å²) in [6, 6.07) is 18.2. The third-order valence-corrected chi connectivity index (χ3v) is 7.22. The van der Waals surface area contributed by atoms with Crippen molar-refractivity contribution in [3.63, 3.8) is 0 Å². The van der Waals surface area contributed by atoms with Crippen LogP contribution in [0.1, 0.15) is 56.6 Å². The average Bonchev–Trinajstić information content (AvgIpc) is 2.60. The molecule has 0 amide bonds. The summed E-state index contributed by atoms with van der Waals surface area (Å²) in [5.41, 5.74) is 6.72. The van der Waals surface area contributed by atoms with Crippen LogP contribution in [0, 0.1) is 17.8 Å². The fourth-order valence-corrected chi connectivity index (χ4v) is 6.79. The highest BCUT2D eigenvalue weighted by atomic mass is 14.6. The molecule has 0 spiro atoms. The van der Waals surface area contributed by atoms with E-state index in [9.17, 15) is 0 Å². The molecule has 4 saturated carbocycles. The van der Waals surface area contributed by atoms with Gasteiger partial charge in [0.2, 0.25) is 0 Å². The Balaban J connectivity index is 1.64. The van der Waals surface area contributed by atoms with Gasteiger partial charge in [0.1, 0.15) is 0 Å². The number of hydrogen-bond acceptors (Lipinski definition) is 0. The van der Waals surface area contributed by atoms with Crippen LogP contribution in [0.3, 0.4) is 0 Å². The van der Waals surface area contributed by atoms with Crippen LogP contribution < -0.4 is 0 Å². The lowest BCUT2D eigenvalue weighted by Crippen LogP contribution is -2.49. The molecule has 124 valence electrons. The molecule has 2 aromatic rings. The van der Waals surface area contributed by atoms with E-state index in [0.717, 1.165) is 24.2 Å². The quantitative estimate of drug-likeness (QED) is 0.616. The zero-order valence-corrected chi connectivity index (χ0v) is 14.8. The van der Waals surface area contributed by atoms with E-state index in [4.69, 9.17) is 0 Å². The van der Waals surface area contributed by atoms with E-state index in [1.165, 1.54) is 49.7 Å². The minimum absolute atomic E-state index is 0.505. The molecule has 4 fully saturated rings. The first-order chi connectivity index (χ1) is 11.8. The third kappa shape index (κ3) is 2.19. The Labute approximate surface area is 146 Å². The van der Waals surface area contributed by atoms with Crippen molar-refractivity contribution >= 4 is 0 Å². The van der Waals surface area contributed by atoms with Gasteiger partial charge in [0.25, 0.3) is 0 Å². The maximum atomic E-state index is 2.48. The van der Waals surface area contributed by atoms with Crippen LogP contribution in [0.5, 0.6) is 0 Å². The van der Waals surface area contributed by atoms with Crippen molar-refractivity contribution in [2.24, 2.45) is 17.8 Å². The fourth-order valence-electron chi connectivity index (χ4n) is 6.79. The van der Waals surface area contributed by atoms with Gasteiger partial charge in [-0.25, -0.2) is 0 Å². The molecule has 0 aromatic heterocycles. The van der Waals surface area contributed by atoms with Crippen molar-refractivity contribution in [1.82, 2.24) is 0 Å². The lowest BCUT2D eigenvalue weighted by Gasteiger charge is -2.57. The van der Waals surface area contributed by atoms with E-state index < -0.39 is 0 Å². The summed E-state index contributed by atoms with van der Waals surface area (Å²) in [7, 11) is 0. The zero-order chi connectivity index (χ0) is 16.1. The van der Waals surface area contributed by atoms with Crippen LogP contribution in [0.15, 0.2) is 48.5 Å². The zero-order valence-electron chi connectivity index (χ0n) is 14.8. The topological polar surface area (TPSA) is 0 Å². The van der Waals surface area contributed by atoms with Gasteiger partial charge in [-0.15, -0.1) is 0 Å². The molecule has 2 aromatic carbocycles. The van der Waals surface area contributed by atoms with Crippen molar-refractivity contribution in [2.75, 3.05) is 0 Å². The largest absolute Gasteiger partial charge is 0.0622 e. The van der Waals surface area contributed by atoms with Crippen molar-refractivity contribution < 1.29 is 0 Å². The van der Waals surface area contributed by atoms with Crippen LogP contribution in [-0.4, -0.2) is 0 Å². The van der Waals surface area contributed by atoms with Crippen molar-refractivity contribution in [1.29, 1.82) is 0 Å². The highest BCUT2D eigenvalue weighted by molar-refractivity contribution is 5.69. The minimum atomic E-state index is 0.505. The monoisotopic (exact) mass is 316 g/mol. The van der Waals surface area contributed by atoms with E-state index in [2.05, 4.69) is 55.5 Å². The van der Waals surface area contributed by atoms with Gasteiger partial charge in [-0.05, 0) is 90.4 Å². The van der Waals surface area contributed by atoms with Gasteiger partial charge in [0, 0.05) is 0 Å². The van der Waals surface area contributed by atoms with Crippen molar-refractivity contribution in [3.05, 3.63) is 59.7 Å². The van der Waals surface area contributed by atoms with E-state index in [1.54, 1.807) is 11.1 Å². The lowest BCUT2D eigenvalue weighted by atomic mass is 9.47. The summed E-state index contributed by atoms with van der Waals surface area (Å²) in [5, 5.41) is 0. The Kier molecular flexibility index (Phi) is 3.37. The first-order valence-corrected chi connectivity index (χ1v) is 9.95. The average molecular weight is 316 g/mol. The van der Waals surface area contributed by atoms with Gasteiger partial charge in [0.15, 0.2) is 0 Å². The molecule has 0 N–H and O–H groups in total. The minimum Gasteiger partial charge on any atom is -0.0622 e. The Morgan fingerprint density at radius 1 is 0.792 bits per heavy atom. The number of rotatable bonds is 3.